The van der Waals surface area contributed by atoms with E-state index in [1.54, 1.807) is 0 Å². The number of hydrogen-bond acceptors (Lipinski definition) is 2. The molecule has 1 N–H and O–H groups in total. The summed E-state index contributed by atoms with van der Waals surface area (Å²) in [7, 11) is 0. The normalized spacial score (nSPS) is 24.9. The van der Waals surface area contributed by atoms with Gasteiger partial charge in [-0.25, -0.2) is 0 Å². The van der Waals surface area contributed by atoms with Crippen molar-refractivity contribution in [3.05, 3.63) is 34.9 Å². The van der Waals surface area contributed by atoms with Crippen LogP contribution in [-0.2, 0) is 6.54 Å². The second-order valence-corrected chi connectivity index (χ2v) is 6.59. The Morgan fingerprint density at radius 2 is 2.21 bits per heavy atom. The summed E-state index contributed by atoms with van der Waals surface area (Å²) in [5.41, 5.74) is 1.32. The molecule has 19 heavy (non-hydrogen) atoms. The minimum atomic E-state index is 0.572. The predicted octanol–water partition coefficient (Wildman–Crippen LogP) is 3.55. The second-order valence-electron chi connectivity index (χ2n) is 6.15. The molecule has 0 aromatic heterocycles. The molecule has 0 bridgehead atoms. The fraction of sp³-hybridized carbons (Fsp3) is 0.625. The highest BCUT2D eigenvalue weighted by molar-refractivity contribution is 6.30. The number of hydrogen-bond donors (Lipinski definition) is 1. The predicted molar refractivity (Wildman–Crippen MR) is 82.6 cm³/mol. The molecular weight excluding hydrogens is 256 g/mol. The van der Waals surface area contributed by atoms with Gasteiger partial charge in [0.15, 0.2) is 0 Å². The maximum absolute atomic E-state index is 6.08. The van der Waals surface area contributed by atoms with Crippen molar-refractivity contribution >= 4 is 11.6 Å². The molecule has 3 heteroatoms. The molecule has 1 heterocycles. The SMILES string of the molecule is CC(C)CC1CNC(C)CN1Cc1cccc(Cl)c1. The minimum Gasteiger partial charge on any atom is -0.311 e. The molecule has 2 atom stereocenters. The third-order valence-electron chi connectivity index (χ3n) is 3.74. The molecule has 1 aliphatic rings. The van der Waals surface area contributed by atoms with Crippen LogP contribution in [0.25, 0.3) is 0 Å². The van der Waals surface area contributed by atoms with Crippen LogP contribution in [0.2, 0.25) is 5.02 Å². The van der Waals surface area contributed by atoms with E-state index in [1.165, 1.54) is 12.0 Å². The third kappa shape index (κ3) is 4.48. The lowest BCUT2D eigenvalue weighted by Crippen LogP contribution is -2.55. The van der Waals surface area contributed by atoms with Crippen LogP contribution in [0.3, 0.4) is 0 Å². The van der Waals surface area contributed by atoms with E-state index in [4.69, 9.17) is 11.6 Å². The highest BCUT2D eigenvalue weighted by Crippen LogP contribution is 2.19. The first-order valence-electron chi connectivity index (χ1n) is 7.26. The molecule has 0 saturated carbocycles. The Kier molecular flexibility index (Phi) is 5.26. The molecule has 0 aliphatic carbocycles. The summed E-state index contributed by atoms with van der Waals surface area (Å²) >= 11 is 6.08. The molecule has 2 nitrogen and oxygen atoms in total. The van der Waals surface area contributed by atoms with Crippen LogP contribution >= 0.6 is 11.6 Å². The lowest BCUT2D eigenvalue weighted by atomic mass is 9.98. The van der Waals surface area contributed by atoms with Crippen LogP contribution in [0.1, 0.15) is 32.8 Å². The van der Waals surface area contributed by atoms with E-state index in [1.807, 2.05) is 12.1 Å². The molecular formula is C16H25ClN2. The maximum Gasteiger partial charge on any atom is 0.0409 e. The Bertz CT molecular complexity index is 405. The lowest BCUT2D eigenvalue weighted by molar-refractivity contribution is 0.111. The van der Waals surface area contributed by atoms with Gasteiger partial charge in [-0.2, -0.15) is 0 Å². The molecule has 2 unspecified atom stereocenters. The van der Waals surface area contributed by atoms with Crippen molar-refractivity contribution in [3.63, 3.8) is 0 Å². The summed E-state index contributed by atoms with van der Waals surface area (Å²) in [6.45, 7) is 10.1. The Labute approximate surface area is 122 Å². The Balaban J connectivity index is 2.05. The fourth-order valence-electron chi connectivity index (χ4n) is 2.87. The minimum absolute atomic E-state index is 0.572. The Morgan fingerprint density at radius 1 is 1.42 bits per heavy atom. The average Bonchev–Trinajstić information content (AvgIpc) is 2.32. The van der Waals surface area contributed by atoms with E-state index < -0.39 is 0 Å². The summed E-state index contributed by atoms with van der Waals surface area (Å²) < 4.78 is 0. The van der Waals surface area contributed by atoms with Crippen molar-refractivity contribution in [1.29, 1.82) is 0 Å². The Hall–Kier alpha value is -0.570. The summed E-state index contributed by atoms with van der Waals surface area (Å²) in [6.07, 6.45) is 1.25. The van der Waals surface area contributed by atoms with Crippen molar-refractivity contribution in [2.75, 3.05) is 13.1 Å². The zero-order valence-corrected chi connectivity index (χ0v) is 13.0. The monoisotopic (exact) mass is 280 g/mol. The lowest BCUT2D eigenvalue weighted by Gasteiger charge is -2.40. The van der Waals surface area contributed by atoms with E-state index in [9.17, 15) is 0 Å². The van der Waals surface area contributed by atoms with Crippen LogP contribution < -0.4 is 5.32 Å². The summed E-state index contributed by atoms with van der Waals surface area (Å²) in [6, 6.07) is 9.45. The van der Waals surface area contributed by atoms with Gasteiger partial charge in [0.2, 0.25) is 0 Å². The van der Waals surface area contributed by atoms with Gasteiger partial charge >= 0.3 is 0 Å². The highest BCUT2D eigenvalue weighted by atomic mass is 35.5. The number of nitrogens with one attached hydrogen (secondary N) is 1. The van der Waals surface area contributed by atoms with Gasteiger partial charge in [-0.1, -0.05) is 37.6 Å². The summed E-state index contributed by atoms with van der Waals surface area (Å²) in [5.74, 6) is 0.738. The average molecular weight is 281 g/mol. The summed E-state index contributed by atoms with van der Waals surface area (Å²) in [4.78, 5) is 2.60. The van der Waals surface area contributed by atoms with E-state index in [0.29, 0.717) is 12.1 Å². The fourth-order valence-corrected chi connectivity index (χ4v) is 3.08. The van der Waals surface area contributed by atoms with Gasteiger partial charge in [0.25, 0.3) is 0 Å². The van der Waals surface area contributed by atoms with E-state index in [2.05, 4.69) is 43.1 Å². The van der Waals surface area contributed by atoms with Crippen molar-refractivity contribution in [2.24, 2.45) is 5.92 Å². The first kappa shape index (κ1) is 14.8. The second kappa shape index (κ2) is 6.74. The van der Waals surface area contributed by atoms with Gasteiger partial charge in [0, 0.05) is 36.7 Å². The van der Waals surface area contributed by atoms with E-state index in [-0.39, 0.29) is 0 Å². The smallest absolute Gasteiger partial charge is 0.0409 e. The molecule has 1 aliphatic heterocycles. The molecule has 1 fully saturated rings. The molecule has 1 aromatic carbocycles. The topological polar surface area (TPSA) is 15.3 Å². The number of piperazine rings is 1. The van der Waals surface area contributed by atoms with Crippen LogP contribution in [0.15, 0.2) is 24.3 Å². The molecule has 0 radical (unpaired) electrons. The highest BCUT2D eigenvalue weighted by Gasteiger charge is 2.26. The number of benzene rings is 1. The van der Waals surface area contributed by atoms with Crippen LogP contribution in [-0.4, -0.2) is 30.1 Å². The largest absolute Gasteiger partial charge is 0.311 e. The molecule has 0 amide bonds. The number of halogens is 1. The van der Waals surface area contributed by atoms with Gasteiger partial charge in [0.05, 0.1) is 0 Å². The van der Waals surface area contributed by atoms with E-state index in [0.717, 1.165) is 30.6 Å². The third-order valence-corrected chi connectivity index (χ3v) is 3.98. The molecule has 0 spiro atoms. The molecule has 1 saturated heterocycles. The number of nitrogens with zero attached hydrogens (tertiary/aromatic N) is 1. The van der Waals surface area contributed by atoms with Crippen molar-refractivity contribution in [2.45, 2.75) is 45.8 Å². The van der Waals surface area contributed by atoms with Crippen LogP contribution in [0.4, 0.5) is 0 Å². The van der Waals surface area contributed by atoms with Gasteiger partial charge in [-0.3, -0.25) is 4.90 Å². The van der Waals surface area contributed by atoms with Crippen molar-refractivity contribution in [3.8, 4) is 0 Å². The van der Waals surface area contributed by atoms with Gasteiger partial charge < -0.3 is 5.32 Å². The summed E-state index contributed by atoms with van der Waals surface area (Å²) in [5, 5.41) is 4.43. The van der Waals surface area contributed by atoms with Crippen molar-refractivity contribution < 1.29 is 0 Å². The van der Waals surface area contributed by atoms with Gasteiger partial charge in [-0.15, -0.1) is 0 Å². The molecule has 2 rings (SSSR count). The molecule has 1 aromatic rings. The first-order chi connectivity index (χ1) is 9.04. The van der Waals surface area contributed by atoms with Crippen LogP contribution in [0.5, 0.6) is 0 Å². The maximum atomic E-state index is 6.08. The van der Waals surface area contributed by atoms with Gasteiger partial charge in [-0.05, 0) is 37.0 Å². The zero-order chi connectivity index (χ0) is 13.8. The molecule has 106 valence electrons. The van der Waals surface area contributed by atoms with Crippen molar-refractivity contribution in [1.82, 2.24) is 10.2 Å². The van der Waals surface area contributed by atoms with Gasteiger partial charge in [0.1, 0.15) is 0 Å². The van der Waals surface area contributed by atoms with E-state index >= 15 is 0 Å². The quantitative estimate of drug-likeness (QED) is 0.907. The number of rotatable bonds is 4. The first-order valence-corrected chi connectivity index (χ1v) is 7.64. The Morgan fingerprint density at radius 3 is 2.89 bits per heavy atom. The standard InChI is InChI=1S/C16H25ClN2/c1-12(2)7-16-9-18-13(3)10-19(16)11-14-5-4-6-15(17)8-14/h4-6,8,12-13,16,18H,7,9-11H2,1-3H3. The zero-order valence-electron chi connectivity index (χ0n) is 12.2. The van der Waals surface area contributed by atoms with Crippen LogP contribution in [0, 0.1) is 5.92 Å².